The van der Waals surface area contributed by atoms with Crippen molar-refractivity contribution in [3.63, 3.8) is 0 Å². The minimum absolute atomic E-state index is 0.0115. The summed E-state index contributed by atoms with van der Waals surface area (Å²) in [5.41, 5.74) is 0.648. The molecule has 0 aromatic heterocycles. The third-order valence-corrected chi connectivity index (χ3v) is 4.97. The van der Waals surface area contributed by atoms with Crippen LogP contribution in [0.4, 0.5) is 4.39 Å². The van der Waals surface area contributed by atoms with Gasteiger partial charge in [0.1, 0.15) is 5.78 Å². The van der Waals surface area contributed by atoms with Gasteiger partial charge < -0.3 is 10.0 Å². The molecule has 22 heavy (non-hydrogen) atoms. The Morgan fingerprint density at radius 3 is 2.64 bits per heavy atom. The summed E-state index contributed by atoms with van der Waals surface area (Å²) in [7, 11) is 0. The molecule has 1 aromatic carbocycles. The lowest BCUT2D eigenvalue weighted by molar-refractivity contribution is -0.121. The van der Waals surface area contributed by atoms with Crippen molar-refractivity contribution in [2.45, 2.75) is 39.2 Å². The van der Waals surface area contributed by atoms with Crippen molar-refractivity contribution >= 4 is 11.7 Å². The zero-order valence-electron chi connectivity index (χ0n) is 12.6. The summed E-state index contributed by atoms with van der Waals surface area (Å²) in [4.78, 5) is 25.4. The largest absolute Gasteiger partial charge is 0.505 e. The predicted octanol–water partition coefficient (Wildman–Crippen LogP) is 2.88. The molecule has 4 nitrogen and oxygen atoms in total. The van der Waals surface area contributed by atoms with Gasteiger partial charge in [-0.3, -0.25) is 9.59 Å². The van der Waals surface area contributed by atoms with Gasteiger partial charge in [-0.2, -0.15) is 0 Å². The summed E-state index contributed by atoms with van der Waals surface area (Å²) >= 11 is 0. The van der Waals surface area contributed by atoms with Gasteiger partial charge in [0.2, 0.25) is 0 Å². The summed E-state index contributed by atoms with van der Waals surface area (Å²) < 4.78 is 13.9. The van der Waals surface area contributed by atoms with Crippen molar-refractivity contribution in [1.29, 1.82) is 0 Å². The molecule has 3 rings (SSSR count). The lowest BCUT2D eigenvalue weighted by Gasteiger charge is -2.30. The molecule has 118 valence electrons. The summed E-state index contributed by atoms with van der Waals surface area (Å²) in [5.74, 6) is -0.846. The van der Waals surface area contributed by atoms with Crippen LogP contribution in [0.5, 0.6) is 5.75 Å². The second kappa shape index (κ2) is 5.71. The zero-order valence-corrected chi connectivity index (χ0v) is 12.6. The van der Waals surface area contributed by atoms with Crippen LogP contribution in [0.1, 0.15) is 48.5 Å². The average Bonchev–Trinajstić information content (AvgIpc) is 2.81. The van der Waals surface area contributed by atoms with Gasteiger partial charge in [-0.05, 0) is 50.2 Å². The Morgan fingerprint density at radius 2 is 2.00 bits per heavy atom. The number of carbonyl (C=O) groups is 2. The molecular formula is C17H20FNO3. The number of ketones is 1. The molecular weight excluding hydrogens is 285 g/mol. The molecule has 0 radical (unpaired) electrons. The second-order valence-corrected chi connectivity index (χ2v) is 6.45. The highest BCUT2D eigenvalue weighted by molar-refractivity contribution is 5.99. The number of phenolic OH excluding ortho intramolecular Hbond substituents is 1. The molecule has 0 unspecified atom stereocenters. The quantitative estimate of drug-likeness (QED) is 0.934. The average molecular weight is 305 g/mol. The Kier molecular flexibility index (Phi) is 3.89. The maximum Gasteiger partial charge on any atom is 0.257 e. The van der Waals surface area contributed by atoms with Gasteiger partial charge in [-0.15, -0.1) is 0 Å². The van der Waals surface area contributed by atoms with E-state index < -0.39 is 11.6 Å². The summed E-state index contributed by atoms with van der Waals surface area (Å²) in [6.45, 7) is 2.64. The van der Waals surface area contributed by atoms with E-state index in [2.05, 4.69) is 0 Å². The van der Waals surface area contributed by atoms with E-state index in [9.17, 15) is 19.1 Å². The summed E-state index contributed by atoms with van der Waals surface area (Å²) in [6, 6.07) is 2.90. The van der Waals surface area contributed by atoms with Crippen LogP contribution in [-0.4, -0.2) is 28.2 Å². The number of amides is 1. The monoisotopic (exact) mass is 305 g/mol. The smallest absolute Gasteiger partial charge is 0.257 e. The lowest BCUT2D eigenvalue weighted by atomic mass is 9.80. The number of nitrogens with zero attached hydrogens (tertiary/aromatic N) is 1. The van der Waals surface area contributed by atoms with Gasteiger partial charge >= 0.3 is 0 Å². The van der Waals surface area contributed by atoms with E-state index in [1.165, 1.54) is 6.07 Å². The molecule has 1 aliphatic heterocycles. The van der Waals surface area contributed by atoms with E-state index in [4.69, 9.17) is 0 Å². The molecule has 1 saturated carbocycles. The van der Waals surface area contributed by atoms with Gasteiger partial charge in [0.05, 0.1) is 5.56 Å². The number of carbonyl (C=O) groups excluding carboxylic acids is 2. The van der Waals surface area contributed by atoms with Crippen molar-refractivity contribution in [3.05, 3.63) is 29.1 Å². The fraction of sp³-hybridized carbons (Fsp3) is 0.529. The van der Waals surface area contributed by atoms with Crippen LogP contribution >= 0.6 is 0 Å². The first-order valence-corrected chi connectivity index (χ1v) is 7.77. The predicted molar refractivity (Wildman–Crippen MR) is 78.9 cm³/mol. The third kappa shape index (κ3) is 2.60. The first kappa shape index (κ1) is 15.0. The van der Waals surface area contributed by atoms with E-state index in [1.54, 1.807) is 17.9 Å². The van der Waals surface area contributed by atoms with E-state index in [-0.39, 0.29) is 23.2 Å². The minimum atomic E-state index is -0.815. The van der Waals surface area contributed by atoms with Crippen LogP contribution in [0.15, 0.2) is 12.1 Å². The van der Waals surface area contributed by atoms with Crippen LogP contribution in [-0.2, 0) is 11.3 Å². The molecule has 0 atom stereocenters. The molecule has 1 aliphatic carbocycles. The molecule has 1 heterocycles. The standard InChI is InChI=1S/C17H20FNO3/c1-10(20)12-4-2-11(3-5-12)8-19-9-13-6-7-14(21)16(18)15(13)17(19)22/h6-7,11-12,21H,2-5,8-9H2,1H3/t11-,12-. The molecule has 2 aliphatic rings. The van der Waals surface area contributed by atoms with Crippen LogP contribution in [0.25, 0.3) is 0 Å². The van der Waals surface area contributed by atoms with E-state index in [0.717, 1.165) is 25.7 Å². The fourth-order valence-electron chi connectivity index (χ4n) is 3.61. The van der Waals surface area contributed by atoms with Gasteiger partial charge in [-0.1, -0.05) is 6.07 Å². The SMILES string of the molecule is CC(=O)[C@H]1CC[C@H](CN2Cc3ccc(O)c(F)c3C2=O)CC1. The zero-order chi connectivity index (χ0) is 15.9. The number of benzene rings is 1. The van der Waals surface area contributed by atoms with Crippen LogP contribution in [0, 0.1) is 17.7 Å². The third-order valence-electron chi connectivity index (χ3n) is 4.97. The molecule has 0 spiro atoms. The number of halogens is 1. The maximum atomic E-state index is 13.9. The van der Waals surface area contributed by atoms with Crippen molar-refractivity contribution in [2.75, 3.05) is 6.54 Å². The van der Waals surface area contributed by atoms with Crippen LogP contribution < -0.4 is 0 Å². The Bertz CT molecular complexity index is 621. The van der Waals surface area contributed by atoms with Crippen molar-refractivity contribution in [2.24, 2.45) is 11.8 Å². The molecule has 5 heteroatoms. The minimum Gasteiger partial charge on any atom is -0.505 e. The fourth-order valence-corrected chi connectivity index (χ4v) is 3.61. The molecule has 1 fully saturated rings. The van der Waals surface area contributed by atoms with Crippen molar-refractivity contribution in [3.8, 4) is 5.75 Å². The first-order chi connectivity index (χ1) is 10.5. The van der Waals surface area contributed by atoms with Gasteiger partial charge in [0.15, 0.2) is 11.6 Å². The van der Waals surface area contributed by atoms with Crippen LogP contribution in [0.3, 0.4) is 0 Å². The molecule has 0 saturated heterocycles. The highest BCUT2D eigenvalue weighted by Crippen LogP contribution is 2.34. The number of rotatable bonds is 3. The van der Waals surface area contributed by atoms with E-state index in [1.807, 2.05) is 0 Å². The first-order valence-electron chi connectivity index (χ1n) is 7.77. The lowest BCUT2D eigenvalue weighted by Crippen LogP contribution is -2.32. The number of aromatic hydroxyl groups is 1. The van der Waals surface area contributed by atoms with E-state index in [0.29, 0.717) is 24.6 Å². The second-order valence-electron chi connectivity index (χ2n) is 6.45. The van der Waals surface area contributed by atoms with E-state index >= 15 is 0 Å². The Hall–Kier alpha value is -1.91. The topological polar surface area (TPSA) is 57.6 Å². The van der Waals surface area contributed by atoms with Crippen molar-refractivity contribution in [1.82, 2.24) is 4.90 Å². The van der Waals surface area contributed by atoms with Crippen LogP contribution in [0.2, 0.25) is 0 Å². The number of hydrogen-bond donors (Lipinski definition) is 1. The van der Waals surface area contributed by atoms with Gasteiger partial charge in [-0.25, -0.2) is 4.39 Å². The highest BCUT2D eigenvalue weighted by atomic mass is 19.1. The Labute approximate surface area is 128 Å². The Balaban J connectivity index is 1.65. The molecule has 1 N–H and O–H groups in total. The number of fused-ring (bicyclic) bond motifs is 1. The molecule has 1 aromatic rings. The number of Topliss-reactive ketones (excluding diaryl/α,β-unsaturated/α-hetero) is 1. The highest BCUT2D eigenvalue weighted by Gasteiger charge is 2.34. The molecule has 0 bridgehead atoms. The van der Waals surface area contributed by atoms with Gasteiger partial charge in [0.25, 0.3) is 5.91 Å². The maximum absolute atomic E-state index is 13.9. The van der Waals surface area contributed by atoms with Crippen molar-refractivity contribution < 1.29 is 19.1 Å². The number of hydrogen-bond acceptors (Lipinski definition) is 3. The Morgan fingerprint density at radius 1 is 1.32 bits per heavy atom. The summed E-state index contributed by atoms with van der Waals surface area (Å²) in [5, 5.41) is 9.41. The van der Waals surface area contributed by atoms with Gasteiger partial charge in [0, 0.05) is 19.0 Å². The normalized spacial score (nSPS) is 24.5. The summed E-state index contributed by atoms with van der Waals surface area (Å²) in [6.07, 6.45) is 3.62. The molecule has 1 amide bonds. The number of phenols is 1.